The van der Waals surface area contributed by atoms with Crippen LogP contribution in [0.1, 0.15) is 33.1 Å². The van der Waals surface area contributed by atoms with Gasteiger partial charge in [0.15, 0.2) is 0 Å². The van der Waals surface area contributed by atoms with Gasteiger partial charge in [-0.3, -0.25) is 0 Å². The molecule has 0 radical (unpaired) electrons. The number of hydrogen-bond acceptors (Lipinski definition) is 2. The number of nitrogens with one attached hydrogen (secondary N) is 1. The van der Waals surface area contributed by atoms with Crippen LogP contribution in [0.25, 0.3) is 0 Å². The van der Waals surface area contributed by atoms with Crippen LogP contribution in [-0.2, 0) is 4.74 Å². The van der Waals surface area contributed by atoms with Crippen LogP contribution in [0.4, 0.5) is 0 Å². The van der Waals surface area contributed by atoms with Crippen molar-refractivity contribution >= 4 is 0 Å². The third-order valence-electron chi connectivity index (χ3n) is 2.30. The van der Waals surface area contributed by atoms with Crippen molar-refractivity contribution in [3.63, 3.8) is 0 Å². The lowest BCUT2D eigenvalue weighted by atomic mass is 10.1. The highest BCUT2D eigenvalue weighted by Gasteiger charge is 2.12. The molecule has 0 aromatic rings. The number of allylic oxidation sites excluding steroid dienone is 1. The smallest absolute Gasteiger partial charge is 0.0699 e. The van der Waals surface area contributed by atoms with Crippen molar-refractivity contribution in [2.75, 3.05) is 19.7 Å². The Bertz CT molecular complexity index is 155. The zero-order valence-corrected chi connectivity index (χ0v) is 8.81. The second kappa shape index (κ2) is 6.17. The van der Waals surface area contributed by atoms with Crippen LogP contribution in [0.3, 0.4) is 0 Å². The van der Waals surface area contributed by atoms with Gasteiger partial charge in [0.2, 0.25) is 0 Å². The Morgan fingerprint density at radius 3 is 2.92 bits per heavy atom. The molecule has 1 unspecified atom stereocenters. The average molecular weight is 183 g/mol. The first-order chi connectivity index (χ1) is 6.29. The summed E-state index contributed by atoms with van der Waals surface area (Å²) in [4.78, 5) is 0. The summed E-state index contributed by atoms with van der Waals surface area (Å²) in [6.07, 6.45) is 6.46. The van der Waals surface area contributed by atoms with Gasteiger partial charge in [-0.15, -0.1) is 0 Å². The summed E-state index contributed by atoms with van der Waals surface area (Å²) in [7, 11) is 0. The van der Waals surface area contributed by atoms with Gasteiger partial charge in [-0.05, 0) is 33.1 Å². The molecule has 1 N–H and O–H groups in total. The minimum atomic E-state index is 0.458. The molecule has 1 atom stereocenters. The van der Waals surface area contributed by atoms with Crippen molar-refractivity contribution in [2.24, 2.45) is 0 Å². The normalized spacial score (nSPS) is 22.8. The molecule has 1 aliphatic rings. The van der Waals surface area contributed by atoms with E-state index in [1.807, 2.05) is 0 Å². The molecule has 1 fully saturated rings. The maximum absolute atomic E-state index is 5.60. The fourth-order valence-corrected chi connectivity index (χ4v) is 1.49. The quantitative estimate of drug-likeness (QED) is 0.532. The van der Waals surface area contributed by atoms with E-state index in [9.17, 15) is 0 Å². The second-order valence-corrected chi connectivity index (χ2v) is 3.93. The van der Waals surface area contributed by atoms with E-state index in [2.05, 4.69) is 25.2 Å². The fourth-order valence-electron chi connectivity index (χ4n) is 1.49. The monoisotopic (exact) mass is 183 g/mol. The molecule has 0 bridgehead atoms. The molecule has 0 aromatic carbocycles. The van der Waals surface area contributed by atoms with Crippen LogP contribution in [0, 0.1) is 0 Å². The molecular weight excluding hydrogens is 162 g/mol. The van der Waals surface area contributed by atoms with Gasteiger partial charge < -0.3 is 10.1 Å². The molecule has 76 valence electrons. The Kier molecular flexibility index (Phi) is 5.09. The minimum absolute atomic E-state index is 0.458. The van der Waals surface area contributed by atoms with Crippen molar-refractivity contribution in [1.82, 2.24) is 5.32 Å². The molecule has 0 aromatic heterocycles. The van der Waals surface area contributed by atoms with Crippen molar-refractivity contribution < 1.29 is 4.74 Å². The lowest BCUT2D eigenvalue weighted by molar-refractivity contribution is 0.0175. The summed E-state index contributed by atoms with van der Waals surface area (Å²) < 4.78 is 5.60. The molecular formula is C11H21NO. The Hall–Kier alpha value is -0.340. The van der Waals surface area contributed by atoms with E-state index in [0.29, 0.717) is 6.10 Å². The van der Waals surface area contributed by atoms with Crippen molar-refractivity contribution in [3.05, 3.63) is 11.6 Å². The van der Waals surface area contributed by atoms with Gasteiger partial charge in [0, 0.05) is 19.7 Å². The Morgan fingerprint density at radius 2 is 2.31 bits per heavy atom. The van der Waals surface area contributed by atoms with Gasteiger partial charge in [-0.25, -0.2) is 0 Å². The van der Waals surface area contributed by atoms with Crippen LogP contribution < -0.4 is 5.32 Å². The van der Waals surface area contributed by atoms with E-state index in [4.69, 9.17) is 4.74 Å². The average Bonchev–Trinajstić information content (AvgIpc) is 2.14. The van der Waals surface area contributed by atoms with Crippen LogP contribution in [-0.4, -0.2) is 25.8 Å². The summed E-state index contributed by atoms with van der Waals surface area (Å²) in [6, 6.07) is 0. The predicted molar refractivity (Wildman–Crippen MR) is 55.9 cm³/mol. The summed E-state index contributed by atoms with van der Waals surface area (Å²) >= 11 is 0. The van der Waals surface area contributed by atoms with Gasteiger partial charge in [-0.2, -0.15) is 0 Å². The molecule has 2 heteroatoms. The lowest BCUT2D eigenvalue weighted by Gasteiger charge is -2.22. The van der Waals surface area contributed by atoms with Crippen LogP contribution in [0.5, 0.6) is 0 Å². The molecule has 0 saturated carbocycles. The topological polar surface area (TPSA) is 21.3 Å². The Labute approximate surface area is 81.4 Å². The second-order valence-electron chi connectivity index (χ2n) is 3.93. The van der Waals surface area contributed by atoms with Crippen molar-refractivity contribution in [3.8, 4) is 0 Å². The van der Waals surface area contributed by atoms with E-state index >= 15 is 0 Å². The molecule has 0 amide bonds. The number of rotatable bonds is 4. The van der Waals surface area contributed by atoms with E-state index in [1.54, 1.807) is 0 Å². The van der Waals surface area contributed by atoms with Gasteiger partial charge in [0.1, 0.15) is 0 Å². The predicted octanol–water partition coefficient (Wildman–Crippen LogP) is 2.11. The zero-order chi connectivity index (χ0) is 9.52. The highest BCUT2D eigenvalue weighted by atomic mass is 16.5. The highest BCUT2D eigenvalue weighted by molar-refractivity contribution is 4.94. The van der Waals surface area contributed by atoms with E-state index in [0.717, 1.165) is 19.7 Å². The van der Waals surface area contributed by atoms with Gasteiger partial charge >= 0.3 is 0 Å². The van der Waals surface area contributed by atoms with Crippen LogP contribution in [0.15, 0.2) is 11.6 Å². The van der Waals surface area contributed by atoms with Gasteiger partial charge in [0.25, 0.3) is 0 Å². The molecule has 1 saturated heterocycles. The van der Waals surface area contributed by atoms with Gasteiger partial charge in [-0.1, -0.05) is 11.6 Å². The third kappa shape index (κ3) is 5.06. The standard InChI is InChI=1S/C11H21NO/c1-10(2)6-7-12-9-11-5-3-4-8-13-11/h6,11-12H,3-5,7-9H2,1-2H3. The molecule has 1 aliphatic heterocycles. The summed E-state index contributed by atoms with van der Waals surface area (Å²) in [5.41, 5.74) is 1.37. The summed E-state index contributed by atoms with van der Waals surface area (Å²) in [5.74, 6) is 0. The number of ether oxygens (including phenoxy) is 1. The summed E-state index contributed by atoms with van der Waals surface area (Å²) in [5, 5.41) is 3.39. The first-order valence-corrected chi connectivity index (χ1v) is 5.24. The lowest BCUT2D eigenvalue weighted by Crippen LogP contribution is -2.31. The molecule has 1 rings (SSSR count). The molecule has 2 nitrogen and oxygen atoms in total. The van der Waals surface area contributed by atoms with E-state index in [1.165, 1.54) is 24.8 Å². The first kappa shape index (κ1) is 10.7. The largest absolute Gasteiger partial charge is 0.377 e. The Balaban J connectivity index is 2.01. The Morgan fingerprint density at radius 1 is 1.46 bits per heavy atom. The highest BCUT2D eigenvalue weighted by Crippen LogP contribution is 2.11. The number of hydrogen-bond donors (Lipinski definition) is 1. The molecule has 0 spiro atoms. The van der Waals surface area contributed by atoms with Crippen molar-refractivity contribution in [1.29, 1.82) is 0 Å². The zero-order valence-electron chi connectivity index (χ0n) is 8.81. The van der Waals surface area contributed by atoms with Crippen molar-refractivity contribution in [2.45, 2.75) is 39.2 Å². The molecule has 13 heavy (non-hydrogen) atoms. The van der Waals surface area contributed by atoms with E-state index in [-0.39, 0.29) is 0 Å². The van der Waals surface area contributed by atoms with Crippen LogP contribution in [0.2, 0.25) is 0 Å². The maximum atomic E-state index is 5.60. The maximum Gasteiger partial charge on any atom is 0.0699 e. The first-order valence-electron chi connectivity index (χ1n) is 5.24. The fraction of sp³-hybridized carbons (Fsp3) is 0.818. The van der Waals surface area contributed by atoms with Crippen LogP contribution >= 0.6 is 0 Å². The molecule has 1 heterocycles. The van der Waals surface area contributed by atoms with E-state index < -0.39 is 0 Å². The minimum Gasteiger partial charge on any atom is -0.377 e. The summed E-state index contributed by atoms with van der Waals surface area (Å²) in [6.45, 7) is 7.18. The third-order valence-corrected chi connectivity index (χ3v) is 2.30. The molecule has 0 aliphatic carbocycles. The SMILES string of the molecule is CC(C)=CCNCC1CCCCO1. The van der Waals surface area contributed by atoms with Gasteiger partial charge in [0.05, 0.1) is 6.10 Å².